The normalized spacial score (nSPS) is 11.6. The molecule has 0 aliphatic heterocycles. The molecular weight excluding hydrogens is 380 g/mol. The first-order chi connectivity index (χ1) is 13.1. The molecule has 3 rings (SSSR count). The Morgan fingerprint density at radius 3 is 2.59 bits per heavy atom. The van der Waals surface area contributed by atoms with Gasteiger partial charge in [-0.1, -0.05) is 53.4 Å². The minimum Gasteiger partial charge on any atom is -0.497 e. The molecule has 3 aromatic rings. The van der Waals surface area contributed by atoms with E-state index in [1.165, 1.54) is 23.1 Å². The van der Waals surface area contributed by atoms with Crippen LogP contribution in [0.4, 0.5) is 10.8 Å². The highest BCUT2D eigenvalue weighted by molar-refractivity contribution is 8.01. The second-order valence-electron chi connectivity index (χ2n) is 5.72. The summed E-state index contributed by atoms with van der Waals surface area (Å²) < 4.78 is 5.88. The van der Waals surface area contributed by atoms with Crippen molar-refractivity contribution in [1.29, 1.82) is 0 Å². The van der Waals surface area contributed by atoms with E-state index in [1.807, 2.05) is 61.5 Å². The Morgan fingerprint density at radius 1 is 1.15 bits per heavy atom. The average molecular weight is 401 g/mol. The third-order valence-corrected chi connectivity index (χ3v) is 5.72. The SMILES string of the molecule is COc1ccc(Nc2nnc(SCC(=O)NC(C)c3ccccc3)s2)cc1. The van der Waals surface area contributed by atoms with E-state index in [2.05, 4.69) is 20.8 Å². The monoisotopic (exact) mass is 400 g/mol. The quantitative estimate of drug-likeness (QED) is 0.550. The summed E-state index contributed by atoms with van der Waals surface area (Å²) in [6.07, 6.45) is 0. The summed E-state index contributed by atoms with van der Waals surface area (Å²) in [4.78, 5) is 12.2. The minimum atomic E-state index is -0.0313. The molecule has 8 heteroatoms. The predicted molar refractivity (Wildman–Crippen MR) is 110 cm³/mol. The summed E-state index contributed by atoms with van der Waals surface area (Å²) in [5, 5.41) is 15.1. The Hall–Kier alpha value is -2.58. The van der Waals surface area contributed by atoms with Gasteiger partial charge in [0.15, 0.2) is 4.34 Å². The molecule has 0 saturated carbocycles. The average Bonchev–Trinajstić information content (AvgIpc) is 3.15. The molecule has 1 amide bonds. The van der Waals surface area contributed by atoms with Gasteiger partial charge in [0, 0.05) is 5.69 Å². The summed E-state index contributed by atoms with van der Waals surface area (Å²) in [6.45, 7) is 1.97. The maximum atomic E-state index is 12.2. The molecule has 0 saturated heterocycles. The molecule has 27 heavy (non-hydrogen) atoms. The maximum absolute atomic E-state index is 12.2. The van der Waals surface area contributed by atoms with Crippen LogP contribution in [0.15, 0.2) is 58.9 Å². The number of hydrogen-bond acceptors (Lipinski definition) is 7. The van der Waals surface area contributed by atoms with Gasteiger partial charge in [-0.3, -0.25) is 4.79 Å². The molecular formula is C19H20N4O2S2. The van der Waals surface area contributed by atoms with Crippen molar-refractivity contribution in [2.45, 2.75) is 17.3 Å². The van der Waals surface area contributed by atoms with Gasteiger partial charge in [0.2, 0.25) is 11.0 Å². The van der Waals surface area contributed by atoms with Crippen molar-refractivity contribution < 1.29 is 9.53 Å². The van der Waals surface area contributed by atoms with Gasteiger partial charge in [-0.15, -0.1) is 10.2 Å². The largest absolute Gasteiger partial charge is 0.497 e. The molecule has 0 bridgehead atoms. The molecule has 1 unspecified atom stereocenters. The van der Waals surface area contributed by atoms with Crippen molar-refractivity contribution in [2.75, 3.05) is 18.2 Å². The third kappa shape index (κ3) is 5.70. The number of aromatic nitrogens is 2. The molecule has 1 heterocycles. The summed E-state index contributed by atoms with van der Waals surface area (Å²) >= 11 is 2.79. The van der Waals surface area contributed by atoms with Crippen LogP contribution in [0.1, 0.15) is 18.5 Å². The number of nitrogens with one attached hydrogen (secondary N) is 2. The number of carbonyl (C=O) groups excluding carboxylic acids is 1. The lowest BCUT2D eigenvalue weighted by molar-refractivity contribution is -0.119. The van der Waals surface area contributed by atoms with Gasteiger partial charge >= 0.3 is 0 Å². The highest BCUT2D eigenvalue weighted by Gasteiger charge is 2.12. The lowest BCUT2D eigenvalue weighted by Crippen LogP contribution is -2.28. The molecule has 6 nitrogen and oxygen atoms in total. The van der Waals surface area contributed by atoms with Gasteiger partial charge in [-0.2, -0.15) is 0 Å². The molecule has 2 aromatic carbocycles. The fourth-order valence-corrected chi connectivity index (χ4v) is 3.94. The molecule has 140 valence electrons. The number of carbonyl (C=O) groups is 1. The van der Waals surface area contributed by atoms with Crippen LogP contribution in [0, 0.1) is 0 Å². The molecule has 0 spiro atoms. The number of thioether (sulfide) groups is 1. The fraction of sp³-hybridized carbons (Fsp3) is 0.211. The second-order valence-corrected chi connectivity index (χ2v) is 7.92. The molecule has 1 atom stereocenters. The van der Waals surface area contributed by atoms with Gasteiger partial charge in [-0.25, -0.2) is 0 Å². The van der Waals surface area contributed by atoms with E-state index >= 15 is 0 Å². The number of ether oxygens (including phenoxy) is 1. The molecule has 0 radical (unpaired) electrons. The van der Waals surface area contributed by atoms with Crippen molar-refractivity contribution in [2.24, 2.45) is 0 Å². The van der Waals surface area contributed by atoms with Gasteiger partial charge in [0.1, 0.15) is 5.75 Å². The van der Waals surface area contributed by atoms with Gasteiger partial charge in [0.05, 0.1) is 18.9 Å². The molecule has 2 N–H and O–H groups in total. The van der Waals surface area contributed by atoms with Crippen LogP contribution in [-0.4, -0.2) is 29.0 Å². The number of methoxy groups -OCH3 is 1. The van der Waals surface area contributed by atoms with Crippen molar-refractivity contribution in [3.8, 4) is 5.75 Å². The van der Waals surface area contributed by atoms with Crippen molar-refractivity contribution in [3.63, 3.8) is 0 Å². The van der Waals surface area contributed by atoms with E-state index in [4.69, 9.17) is 4.74 Å². The summed E-state index contributed by atoms with van der Waals surface area (Å²) in [5.41, 5.74) is 1.98. The third-order valence-electron chi connectivity index (χ3n) is 3.75. The maximum Gasteiger partial charge on any atom is 0.230 e. The second kappa shape index (κ2) is 9.38. The molecule has 1 aromatic heterocycles. The zero-order chi connectivity index (χ0) is 19.1. The van der Waals surface area contributed by atoms with Crippen LogP contribution >= 0.6 is 23.1 Å². The first-order valence-electron chi connectivity index (χ1n) is 8.36. The van der Waals surface area contributed by atoms with Crippen molar-refractivity contribution in [1.82, 2.24) is 15.5 Å². The van der Waals surface area contributed by atoms with E-state index in [1.54, 1.807) is 7.11 Å². The van der Waals surface area contributed by atoms with Gasteiger partial charge in [-0.05, 0) is 36.8 Å². The Labute approximate surface area is 166 Å². The standard InChI is InChI=1S/C19H20N4O2S2/c1-13(14-6-4-3-5-7-14)20-17(24)12-26-19-23-22-18(27-19)21-15-8-10-16(25-2)11-9-15/h3-11,13H,12H2,1-2H3,(H,20,24)(H,21,22). The lowest BCUT2D eigenvalue weighted by atomic mass is 10.1. The van der Waals surface area contributed by atoms with Crippen molar-refractivity contribution >= 4 is 39.8 Å². The number of benzene rings is 2. The lowest BCUT2D eigenvalue weighted by Gasteiger charge is -2.13. The smallest absolute Gasteiger partial charge is 0.230 e. The van der Waals surface area contributed by atoms with Crippen LogP contribution in [0.3, 0.4) is 0 Å². The summed E-state index contributed by atoms with van der Waals surface area (Å²) in [6, 6.07) is 17.4. The molecule has 0 aliphatic carbocycles. The van der Waals surface area contributed by atoms with Crippen LogP contribution < -0.4 is 15.4 Å². The number of nitrogens with zero attached hydrogens (tertiary/aromatic N) is 2. The van der Waals surface area contributed by atoms with E-state index in [9.17, 15) is 4.79 Å². The van der Waals surface area contributed by atoms with Crippen LogP contribution in [0.5, 0.6) is 5.75 Å². The summed E-state index contributed by atoms with van der Waals surface area (Å²) in [7, 11) is 1.63. The van der Waals surface area contributed by atoms with Gasteiger partial charge in [0.25, 0.3) is 0 Å². The fourth-order valence-electron chi connectivity index (χ4n) is 2.35. The van der Waals surface area contributed by atoms with E-state index < -0.39 is 0 Å². The zero-order valence-corrected chi connectivity index (χ0v) is 16.6. The highest BCUT2D eigenvalue weighted by Crippen LogP contribution is 2.28. The minimum absolute atomic E-state index is 0.0268. The molecule has 0 aliphatic rings. The zero-order valence-electron chi connectivity index (χ0n) is 15.0. The highest BCUT2D eigenvalue weighted by atomic mass is 32.2. The number of rotatable bonds is 8. The van der Waals surface area contributed by atoms with Crippen LogP contribution in [0.2, 0.25) is 0 Å². The number of anilines is 2. The summed E-state index contributed by atoms with van der Waals surface area (Å²) in [5.74, 6) is 1.06. The first kappa shape index (κ1) is 19.2. The number of amides is 1. The Morgan fingerprint density at radius 2 is 1.89 bits per heavy atom. The number of hydrogen-bond donors (Lipinski definition) is 2. The van der Waals surface area contributed by atoms with E-state index in [0.717, 1.165) is 21.3 Å². The Kier molecular flexibility index (Phi) is 6.67. The predicted octanol–water partition coefficient (Wildman–Crippen LogP) is 4.26. The van der Waals surface area contributed by atoms with Gasteiger partial charge < -0.3 is 15.4 Å². The van der Waals surface area contributed by atoms with E-state index in [-0.39, 0.29) is 11.9 Å². The first-order valence-corrected chi connectivity index (χ1v) is 10.2. The van der Waals surface area contributed by atoms with Crippen molar-refractivity contribution in [3.05, 3.63) is 60.2 Å². The van der Waals surface area contributed by atoms with Crippen LogP contribution in [-0.2, 0) is 4.79 Å². The Bertz CT molecular complexity index is 869. The topological polar surface area (TPSA) is 76.1 Å². The van der Waals surface area contributed by atoms with E-state index in [0.29, 0.717) is 10.9 Å². The Balaban J connectivity index is 1.48. The molecule has 0 fully saturated rings. The van der Waals surface area contributed by atoms with Crippen LogP contribution in [0.25, 0.3) is 0 Å².